The number of carbonyl (C=O) groups excluding carboxylic acids is 1. The van der Waals surface area contributed by atoms with Gasteiger partial charge in [0.05, 0.1) is 21.9 Å². The van der Waals surface area contributed by atoms with Crippen LogP contribution in [-0.2, 0) is 24.8 Å². The first-order valence-electron chi connectivity index (χ1n) is 9.46. The summed E-state index contributed by atoms with van der Waals surface area (Å²) in [5, 5.41) is 2.16. The van der Waals surface area contributed by atoms with E-state index in [0.717, 1.165) is 34.8 Å². The Bertz CT molecular complexity index is 1420. The van der Waals surface area contributed by atoms with E-state index < -0.39 is 44.1 Å². The summed E-state index contributed by atoms with van der Waals surface area (Å²) in [5.41, 5.74) is 0.370. The van der Waals surface area contributed by atoms with Gasteiger partial charge < -0.3 is 5.32 Å². The third-order valence-electron chi connectivity index (χ3n) is 4.42. The average molecular weight is 530 g/mol. The molecule has 34 heavy (non-hydrogen) atoms. The first-order chi connectivity index (χ1) is 15.8. The molecule has 0 radical (unpaired) electrons. The summed E-state index contributed by atoms with van der Waals surface area (Å²) in [6, 6.07) is 13.1. The van der Waals surface area contributed by atoms with Gasteiger partial charge in [0.15, 0.2) is 0 Å². The van der Waals surface area contributed by atoms with E-state index in [4.69, 9.17) is 11.6 Å². The number of nitrogens with one attached hydrogen (secondary N) is 2. The van der Waals surface area contributed by atoms with Crippen molar-refractivity contribution in [3.8, 4) is 0 Å². The Morgan fingerprint density at radius 2 is 1.50 bits per heavy atom. The second-order valence-corrected chi connectivity index (χ2v) is 11.0. The Kier molecular flexibility index (Phi) is 7.44. The van der Waals surface area contributed by atoms with Crippen LogP contribution in [0.4, 0.5) is 25.8 Å². The van der Waals surface area contributed by atoms with Gasteiger partial charge in [0, 0.05) is 11.4 Å². The monoisotopic (exact) mass is 529 g/mol. The van der Waals surface area contributed by atoms with E-state index >= 15 is 0 Å². The number of nitrogens with zero attached hydrogens (tertiary/aromatic N) is 1. The second kappa shape index (κ2) is 9.95. The number of anilines is 3. The van der Waals surface area contributed by atoms with Gasteiger partial charge >= 0.3 is 0 Å². The molecule has 3 aromatic rings. The van der Waals surface area contributed by atoms with Crippen LogP contribution in [0, 0.1) is 11.6 Å². The van der Waals surface area contributed by atoms with E-state index in [1.807, 2.05) is 0 Å². The standard InChI is InChI=1S/C21H18ClF2N3O5S2/c1-33(29,30)27(17-8-11-20(24)19(22)12-17)13-21(28)25-15-6-9-18(10-7-15)34(31,32)26-16-4-2-14(23)3-5-16/h2-12,26H,13H2,1H3,(H,25,28). The van der Waals surface area contributed by atoms with Crippen LogP contribution in [0.2, 0.25) is 5.02 Å². The van der Waals surface area contributed by atoms with Crippen molar-refractivity contribution in [2.24, 2.45) is 0 Å². The van der Waals surface area contributed by atoms with E-state index in [0.29, 0.717) is 0 Å². The smallest absolute Gasteiger partial charge is 0.261 e. The van der Waals surface area contributed by atoms with Crippen molar-refractivity contribution < 1.29 is 30.4 Å². The first-order valence-corrected chi connectivity index (χ1v) is 13.2. The van der Waals surface area contributed by atoms with Crippen LogP contribution in [-0.4, -0.2) is 35.5 Å². The van der Waals surface area contributed by atoms with Crippen molar-refractivity contribution in [3.05, 3.63) is 83.4 Å². The van der Waals surface area contributed by atoms with Gasteiger partial charge in [0.25, 0.3) is 10.0 Å². The molecular formula is C21H18ClF2N3O5S2. The van der Waals surface area contributed by atoms with Gasteiger partial charge in [-0.2, -0.15) is 0 Å². The lowest BCUT2D eigenvalue weighted by atomic mass is 10.3. The number of halogens is 3. The number of amides is 1. The zero-order valence-electron chi connectivity index (χ0n) is 17.5. The summed E-state index contributed by atoms with van der Waals surface area (Å²) in [6.07, 6.45) is 0.880. The Labute approximate surface area is 200 Å². The largest absolute Gasteiger partial charge is 0.325 e. The fourth-order valence-corrected chi connectivity index (χ4v) is 4.90. The molecule has 0 fully saturated rings. The van der Waals surface area contributed by atoms with Gasteiger partial charge in [-0.1, -0.05) is 11.6 Å². The number of sulfonamides is 2. The van der Waals surface area contributed by atoms with Crippen molar-refractivity contribution in [1.82, 2.24) is 0 Å². The Balaban J connectivity index is 1.71. The molecule has 0 spiro atoms. The minimum absolute atomic E-state index is 0.00245. The molecule has 2 N–H and O–H groups in total. The molecule has 0 unspecified atom stereocenters. The maximum absolute atomic E-state index is 13.4. The summed E-state index contributed by atoms with van der Waals surface area (Å²) in [5.74, 6) is -1.99. The van der Waals surface area contributed by atoms with Crippen LogP contribution in [0.5, 0.6) is 0 Å². The number of hydrogen-bond acceptors (Lipinski definition) is 5. The topological polar surface area (TPSA) is 113 Å². The van der Waals surface area contributed by atoms with Crippen LogP contribution < -0.4 is 14.3 Å². The lowest BCUT2D eigenvalue weighted by Gasteiger charge is -2.22. The highest BCUT2D eigenvalue weighted by atomic mass is 35.5. The molecule has 8 nitrogen and oxygen atoms in total. The van der Waals surface area contributed by atoms with E-state index in [2.05, 4.69) is 10.0 Å². The molecule has 0 bridgehead atoms. The van der Waals surface area contributed by atoms with E-state index in [9.17, 15) is 30.4 Å². The maximum atomic E-state index is 13.4. The molecule has 13 heteroatoms. The minimum atomic E-state index is -3.97. The van der Waals surface area contributed by atoms with Crippen molar-refractivity contribution in [2.75, 3.05) is 27.1 Å². The Hall–Kier alpha value is -3.22. The van der Waals surface area contributed by atoms with Crippen LogP contribution in [0.25, 0.3) is 0 Å². The molecule has 0 saturated carbocycles. The lowest BCUT2D eigenvalue weighted by molar-refractivity contribution is -0.114. The van der Waals surface area contributed by atoms with Gasteiger partial charge in [-0.05, 0) is 66.7 Å². The zero-order valence-corrected chi connectivity index (χ0v) is 19.9. The van der Waals surface area contributed by atoms with E-state index in [-0.39, 0.29) is 27.0 Å². The number of benzene rings is 3. The van der Waals surface area contributed by atoms with Crippen molar-refractivity contribution in [1.29, 1.82) is 0 Å². The van der Waals surface area contributed by atoms with Crippen LogP contribution in [0.1, 0.15) is 0 Å². The summed E-state index contributed by atoms with van der Waals surface area (Å²) in [4.78, 5) is 12.3. The third kappa shape index (κ3) is 6.43. The summed E-state index contributed by atoms with van der Waals surface area (Å²) in [6.45, 7) is -0.632. The van der Waals surface area contributed by atoms with Crippen LogP contribution >= 0.6 is 11.6 Å². The van der Waals surface area contributed by atoms with Crippen LogP contribution in [0.15, 0.2) is 71.6 Å². The maximum Gasteiger partial charge on any atom is 0.261 e. The van der Waals surface area contributed by atoms with Gasteiger partial charge in [-0.3, -0.25) is 13.8 Å². The minimum Gasteiger partial charge on any atom is -0.325 e. The van der Waals surface area contributed by atoms with E-state index in [1.54, 1.807) is 0 Å². The Morgan fingerprint density at radius 3 is 2.06 bits per heavy atom. The molecule has 0 aromatic heterocycles. The van der Waals surface area contributed by atoms with Gasteiger partial charge in [-0.25, -0.2) is 25.6 Å². The normalized spacial score (nSPS) is 11.6. The molecule has 3 rings (SSSR count). The molecule has 0 saturated heterocycles. The summed E-state index contributed by atoms with van der Waals surface area (Å²) in [7, 11) is -7.88. The van der Waals surface area contributed by atoms with Crippen molar-refractivity contribution in [2.45, 2.75) is 4.90 Å². The summed E-state index contributed by atoms with van der Waals surface area (Å²) < 4.78 is 78.7. The lowest BCUT2D eigenvalue weighted by Crippen LogP contribution is -2.37. The van der Waals surface area contributed by atoms with Gasteiger partial charge in [0.2, 0.25) is 15.9 Å². The number of hydrogen-bond donors (Lipinski definition) is 2. The molecule has 0 aliphatic carbocycles. The SMILES string of the molecule is CS(=O)(=O)N(CC(=O)Nc1ccc(S(=O)(=O)Nc2ccc(F)cc2)cc1)c1ccc(F)c(Cl)c1. The molecule has 1 amide bonds. The predicted molar refractivity (Wildman–Crippen MR) is 126 cm³/mol. The fourth-order valence-electron chi connectivity index (χ4n) is 2.82. The second-order valence-electron chi connectivity index (χ2n) is 7.05. The quantitative estimate of drug-likeness (QED) is 0.460. The third-order valence-corrected chi connectivity index (χ3v) is 7.25. The molecule has 0 aliphatic rings. The molecule has 0 aliphatic heterocycles. The molecule has 180 valence electrons. The number of rotatable bonds is 8. The van der Waals surface area contributed by atoms with Crippen LogP contribution in [0.3, 0.4) is 0 Å². The predicted octanol–water partition coefficient (Wildman–Crippen LogP) is 3.82. The highest BCUT2D eigenvalue weighted by molar-refractivity contribution is 7.92. The van der Waals surface area contributed by atoms with Gasteiger partial charge in [-0.15, -0.1) is 0 Å². The zero-order chi connectivity index (χ0) is 25.1. The average Bonchev–Trinajstić information content (AvgIpc) is 2.75. The highest BCUT2D eigenvalue weighted by Crippen LogP contribution is 2.25. The number of carbonyl (C=O) groups is 1. The molecule has 0 atom stereocenters. The van der Waals surface area contributed by atoms with Gasteiger partial charge in [0.1, 0.15) is 18.2 Å². The van der Waals surface area contributed by atoms with Crippen molar-refractivity contribution >= 4 is 54.6 Å². The molecule has 3 aromatic carbocycles. The highest BCUT2D eigenvalue weighted by Gasteiger charge is 2.22. The summed E-state index contributed by atoms with van der Waals surface area (Å²) >= 11 is 5.72. The molecular weight excluding hydrogens is 512 g/mol. The van der Waals surface area contributed by atoms with Crippen molar-refractivity contribution in [3.63, 3.8) is 0 Å². The Morgan fingerprint density at radius 1 is 0.912 bits per heavy atom. The van der Waals surface area contributed by atoms with E-state index in [1.165, 1.54) is 42.5 Å². The fraction of sp³-hybridized carbons (Fsp3) is 0.0952. The molecule has 0 heterocycles. The first kappa shape index (κ1) is 25.4.